The molecule has 8 heteroatoms. The molecule has 0 atom stereocenters. The topological polar surface area (TPSA) is 67.8 Å². The van der Waals surface area contributed by atoms with E-state index in [4.69, 9.17) is 0 Å². The predicted octanol–water partition coefficient (Wildman–Crippen LogP) is 4.69. The third kappa shape index (κ3) is 2.95. The van der Waals surface area contributed by atoms with Gasteiger partial charge in [0.05, 0.1) is 20.0 Å². The van der Waals surface area contributed by atoms with E-state index in [9.17, 15) is 4.79 Å². The summed E-state index contributed by atoms with van der Waals surface area (Å²) in [5, 5.41) is 13.2. The number of nitrogens with one attached hydrogen (secondary N) is 1. The molecule has 4 aromatic rings. The number of aryl methyl sites for hydroxylation is 1. The van der Waals surface area contributed by atoms with Crippen molar-refractivity contribution in [3.05, 3.63) is 46.3 Å². The van der Waals surface area contributed by atoms with Crippen LogP contribution >= 0.6 is 34.0 Å². The summed E-state index contributed by atoms with van der Waals surface area (Å²) in [4.78, 5) is 18.6. The highest BCUT2D eigenvalue weighted by molar-refractivity contribution is 7.26. The van der Waals surface area contributed by atoms with Crippen molar-refractivity contribution in [2.75, 3.05) is 5.32 Å². The van der Waals surface area contributed by atoms with E-state index in [1.165, 1.54) is 22.7 Å². The number of thiazole rings is 1. The molecule has 5 nitrogen and oxygen atoms in total. The quantitative estimate of drug-likeness (QED) is 0.564. The minimum absolute atomic E-state index is 0.161. The molecule has 24 heavy (non-hydrogen) atoms. The lowest BCUT2D eigenvalue weighted by molar-refractivity contribution is 0.103. The lowest BCUT2D eigenvalue weighted by Gasteiger charge is -1.96. The van der Waals surface area contributed by atoms with E-state index in [1.807, 2.05) is 37.3 Å². The molecule has 120 valence electrons. The maximum Gasteiger partial charge on any atom is 0.267 e. The number of hydrogen-bond acceptors (Lipinski definition) is 7. The Morgan fingerprint density at radius 3 is 2.75 bits per heavy atom. The smallest absolute Gasteiger partial charge is 0.267 e. The van der Waals surface area contributed by atoms with Crippen LogP contribution in [0.2, 0.25) is 0 Å². The van der Waals surface area contributed by atoms with Crippen LogP contribution in [-0.4, -0.2) is 21.1 Å². The molecule has 0 bridgehead atoms. The van der Waals surface area contributed by atoms with Crippen LogP contribution in [0.5, 0.6) is 0 Å². The summed E-state index contributed by atoms with van der Waals surface area (Å²) in [6, 6.07) is 11.8. The van der Waals surface area contributed by atoms with Crippen LogP contribution < -0.4 is 5.32 Å². The van der Waals surface area contributed by atoms with Crippen molar-refractivity contribution in [3.63, 3.8) is 0 Å². The molecule has 0 saturated carbocycles. The molecule has 0 fully saturated rings. The van der Waals surface area contributed by atoms with Crippen molar-refractivity contribution >= 4 is 55.3 Å². The largest absolute Gasteiger partial charge is 0.296 e. The monoisotopic (exact) mass is 372 g/mol. The van der Waals surface area contributed by atoms with Gasteiger partial charge in [0.15, 0.2) is 0 Å². The number of nitrogens with zero attached hydrogens (tertiary/aromatic N) is 3. The summed E-state index contributed by atoms with van der Waals surface area (Å²) in [6.07, 6.45) is 0.814. The standard InChI is InChI=1S/C16H12N4OS3/c1-2-13-19-20-16(24-13)18-14(21)11-7-8-12(22-11)15-17-9-5-3-4-6-10(9)23-15/h3-8H,2H2,1H3,(H,18,20,21). The molecule has 0 unspecified atom stereocenters. The van der Waals surface area contributed by atoms with Crippen LogP contribution in [0.15, 0.2) is 36.4 Å². The zero-order valence-electron chi connectivity index (χ0n) is 12.6. The predicted molar refractivity (Wildman–Crippen MR) is 100 cm³/mol. The Bertz CT molecular complexity index is 984. The summed E-state index contributed by atoms with van der Waals surface area (Å²) in [5.74, 6) is -0.161. The molecule has 0 radical (unpaired) electrons. The lowest BCUT2D eigenvalue weighted by atomic mass is 10.3. The van der Waals surface area contributed by atoms with Gasteiger partial charge in [-0.05, 0) is 30.7 Å². The number of carbonyl (C=O) groups excluding carboxylic acids is 1. The molecule has 0 spiro atoms. The Hall–Kier alpha value is -2.16. The van der Waals surface area contributed by atoms with E-state index in [1.54, 1.807) is 11.3 Å². The van der Waals surface area contributed by atoms with E-state index in [2.05, 4.69) is 26.6 Å². The van der Waals surface area contributed by atoms with Gasteiger partial charge in [-0.15, -0.1) is 32.9 Å². The van der Waals surface area contributed by atoms with E-state index in [-0.39, 0.29) is 5.91 Å². The van der Waals surface area contributed by atoms with Crippen molar-refractivity contribution in [2.24, 2.45) is 0 Å². The summed E-state index contributed by atoms with van der Waals surface area (Å²) >= 11 is 4.47. The molecular formula is C16H12N4OS3. The second-order valence-electron chi connectivity index (χ2n) is 4.96. The molecule has 0 aliphatic rings. The van der Waals surface area contributed by atoms with E-state index in [0.29, 0.717) is 10.0 Å². The van der Waals surface area contributed by atoms with Crippen LogP contribution in [0.1, 0.15) is 21.6 Å². The Labute approximate surface area is 150 Å². The van der Waals surface area contributed by atoms with Gasteiger partial charge < -0.3 is 0 Å². The average molecular weight is 373 g/mol. The lowest BCUT2D eigenvalue weighted by Crippen LogP contribution is -2.09. The number of carbonyl (C=O) groups is 1. The third-order valence-electron chi connectivity index (χ3n) is 3.32. The minimum Gasteiger partial charge on any atom is -0.296 e. The first-order valence-electron chi connectivity index (χ1n) is 7.32. The van der Waals surface area contributed by atoms with Crippen molar-refractivity contribution in [1.82, 2.24) is 15.2 Å². The Kier molecular flexibility index (Phi) is 4.09. The average Bonchev–Trinajstić information content (AvgIpc) is 3.32. The van der Waals surface area contributed by atoms with E-state index < -0.39 is 0 Å². The molecule has 3 aromatic heterocycles. The van der Waals surface area contributed by atoms with Gasteiger partial charge in [-0.2, -0.15) is 0 Å². The zero-order chi connectivity index (χ0) is 16.5. The fourth-order valence-corrected chi connectivity index (χ4v) is 4.75. The van der Waals surface area contributed by atoms with Gasteiger partial charge in [0.25, 0.3) is 5.91 Å². The second kappa shape index (κ2) is 6.39. The molecule has 0 aliphatic carbocycles. The molecule has 4 rings (SSSR count). The highest BCUT2D eigenvalue weighted by atomic mass is 32.1. The second-order valence-corrected chi connectivity index (χ2v) is 8.14. The highest BCUT2D eigenvalue weighted by Crippen LogP contribution is 2.34. The summed E-state index contributed by atoms with van der Waals surface area (Å²) < 4.78 is 1.15. The SMILES string of the molecule is CCc1nnc(NC(=O)c2ccc(-c3nc4ccccc4s3)s2)s1. The molecule has 0 aliphatic heterocycles. The fourth-order valence-electron chi connectivity index (χ4n) is 2.16. The Morgan fingerprint density at radius 1 is 1.08 bits per heavy atom. The van der Waals surface area contributed by atoms with Crippen molar-refractivity contribution in [3.8, 4) is 9.88 Å². The maximum absolute atomic E-state index is 12.3. The van der Waals surface area contributed by atoms with Gasteiger partial charge in [-0.3, -0.25) is 10.1 Å². The van der Waals surface area contributed by atoms with Gasteiger partial charge in [0.2, 0.25) is 5.13 Å². The van der Waals surface area contributed by atoms with E-state index in [0.717, 1.165) is 31.5 Å². The molecule has 1 amide bonds. The number of rotatable bonds is 4. The fraction of sp³-hybridized carbons (Fsp3) is 0.125. The van der Waals surface area contributed by atoms with Crippen LogP contribution in [0.3, 0.4) is 0 Å². The van der Waals surface area contributed by atoms with Gasteiger partial charge >= 0.3 is 0 Å². The summed E-state index contributed by atoms with van der Waals surface area (Å²) in [5.41, 5.74) is 0.984. The number of thiophene rings is 1. The zero-order valence-corrected chi connectivity index (χ0v) is 15.1. The number of anilines is 1. The Balaban J connectivity index is 1.56. The number of fused-ring (bicyclic) bond motifs is 1. The van der Waals surface area contributed by atoms with Gasteiger partial charge in [-0.25, -0.2) is 4.98 Å². The van der Waals surface area contributed by atoms with Gasteiger partial charge in [-0.1, -0.05) is 30.4 Å². The maximum atomic E-state index is 12.3. The third-order valence-corrected chi connectivity index (χ3v) is 6.60. The molecule has 0 saturated heterocycles. The number of para-hydroxylation sites is 1. The van der Waals surface area contributed by atoms with Crippen molar-refractivity contribution in [2.45, 2.75) is 13.3 Å². The first-order chi connectivity index (χ1) is 11.7. The molecule has 3 heterocycles. The number of aromatic nitrogens is 3. The number of benzene rings is 1. The van der Waals surface area contributed by atoms with Crippen molar-refractivity contribution in [1.29, 1.82) is 0 Å². The molecular weight excluding hydrogens is 360 g/mol. The summed E-state index contributed by atoms with van der Waals surface area (Å²) in [7, 11) is 0. The molecule has 1 N–H and O–H groups in total. The Morgan fingerprint density at radius 2 is 1.96 bits per heavy atom. The minimum atomic E-state index is -0.161. The first-order valence-corrected chi connectivity index (χ1v) is 9.77. The summed E-state index contributed by atoms with van der Waals surface area (Å²) in [6.45, 7) is 2.01. The van der Waals surface area contributed by atoms with Crippen LogP contribution in [0, 0.1) is 0 Å². The van der Waals surface area contributed by atoms with Crippen molar-refractivity contribution < 1.29 is 4.79 Å². The van der Waals surface area contributed by atoms with Crippen LogP contribution in [0.4, 0.5) is 5.13 Å². The van der Waals surface area contributed by atoms with Gasteiger partial charge in [0.1, 0.15) is 10.0 Å². The number of amides is 1. The van der Waals surface area contributed by atoms with Crippen LogP contribution in [-0.2, 0) is 6.42 Å². The molecule has 1 aromatic carbocycles. The van der Waals surface area contributed by atoms with E-state index >= 15 is 0 Å². The van der Waals surface area contributed by atoms with Gasteiger partial charge in [0, 0.05) is 0 Å². The van der Waals surface area contributed by atoms with Crippen LogP contribution in [0.25, 0.3) is 20.1 Å². The normalized spacial score (nSPS) is 11.0. The highest BCUT2D eigenvalue weighted by Gasteiger charge is 2.15. The number of hydrogen-bond donors (Lipinski definition) is 1. The first kappa shape index (κ1) is 15.4.